The highest BCUT2D eigenvalue weighted by molar-refractivity contribution is 5.88. The minimum absolute atomic E-state index is 0.0291. The number of nitrogens with zero attached hydrogens (tertiary/aromatic N) is 3. The Bertz CT molecular complexity index is 622. The summed E-state index contributed by atoms with van der Waals surface area (Å²) in [5.74, 6) is -0.177. The summed E-state index contributed by atoms with van der Waals surface area (Å²) in [5, 5.41) is 9.87. The molecule has 25 heavy (non-hydrogen) atoms. The number of benzene rings is 1. The summed E-state index contributed by atoms with van der Waals surface area (Å²) in [5.41, 5.74) is 1.27. The molecule has 1 aromatic carbocycles. The zero-order valence-electron chi connectivity index (χ0n) is 15.0. The molecule has 6 heteroatoms. The Balaban J connectivity index is 1.61. The van der Waals surface area contributed by atoms with Crippen LogP contribution < -0.4 is 0 Å². The minimum atomic E-state index is -0.604. The molecule has 0 unspecified atom stereocenters. The summed E-state index contributed by atoms with van der Waals surface area (Å²) in [7, 11) is 0. The van der Waals surface area contributed by atoms with Gasteiger partial charge in [-0.15, -0.1) is 0 Å². The van der Waals surface area contributed by atoms with Gasteiger partial charge in [-0.1, -0.05) is 30.3 Å². The summed E-state index contributed by atoms with van der Waals surface area (Å²) in [6.45, 7) is 6.95. The molecule has 1 aromatic rings. The molecule has 2 saturated heterocycles. The van der Waals surface area contributed by atoms with Crippen LogP contribution in [0.3, 0.4) is 0 Å². The minimum Gasteiger partial charge on any atom is -0.391 e. The Morgan fingerprint density at radius 2 is 1.84 bits per heavy atom. The molecular weight excluding hydrogens is 318 g/mol. The summed E-state index contributed by atoms with van der Waals surface area (Å²) >= 11 is 0. The second kappa shape index (κ2) is 7.54. The van der Waals surface area contributed by atoms with Gasteiger partial charge < -0.3 is 14.9 Å². The van der Waals surface area contributed by atoms with Crippen LogP contribution in [0.2, 0.25) is 0 Å². The molecule has 3 rings (SSSR count). The lowest BCUT2D eigenvalue weighted by Gasteiger charge is -2.41. The SMILES string of the molecule is CC(=O)N1C[C@@H](O)C[C@@H]1C(=O)N1CCN(Cc2ccccc2)C[C@@H]1C. The van der Waals surface area contributed by atoms with Gasteiger partial charge in [-0.05, 0) is 12.5 Å². The van der Waals surface area contributed by atoms with E-state index in [1.807, 2.05) is 23.1 Å². The van der Waals surface area contributed by atoms with Crippen LogP contribution in [0.15, 0.2) is 30.3 Å². The van der Waals surface area contributed by atoms with Crippen molar-refractivity contribution in [3.8, 4) is 0 Å². The maximum Gasteiger partial charge on any atom is 0.245 e. The van der Waals surface area contributed by atoms with Gasteiger partial charge in [0.05, 0.1) is 6.10 Å². The predicted octanol–water partition coefficient (Wildman–Crippen LogP) is 0.701. The van der Waals surface area contributed by atoms with Gasteiger partial charge in [-0.2, -0.15) is 0 Å². The van der Waals surface area contributed by atoms with Crippen LogP contribution in [0.1, 0.15) is 25.8 Å². The third kappa shape index (κ3) is 4.02. The Hall–Kier alpha value is -1.92. The molecular formula is C19H27N3O3. The van der Waals surface area contributed by atoms with Crippen molar-refractivity contribution in [1.29, 1.82) is 0 Å². The standard InChI is InChI=1S/C19H27N3O3/c1-14-11-20(12-16-6-4-3-5-7-16)8-9-21(14)19(25)18-10-17(24)13-22(18)15(2)23/h3-7,14,17-18,24H,8-13H2,1-2H3/t14-,17-,18+/m0/s1. The Morgan fingerprint density at radius 1 is 1.12 bits per heavy atom. The molecule has 0 aromatic heterocycles. The van der Waals surface area contributed by atoms with E-state index < -0.39 is 12.1 Å². The third-order valence-corrected chi connectivity index (χ3v) is 5.21. The molecule has 2 aliphatic rings. The van der Waals surface area contributed by atoms with Gasteiger partial charge in [-0.3, -0.25) is 14.5 Å². The molecule has 0 radical (unpaired) electrons. The van der Waals surface area contributed by atoms with Crippen molar-refractivity contribution in [2.24, 2.45) is 0 Å². The molecule has 2 fully saturated rings. The highest BCUT2D eigenvalue weighted by Crippen LogP contribution is 2.23. The number of carbonyl (C=O) groups is 2. The van der Waals surface area contributed by atoms with Gasteiger partial charge in [0, 0.05) is 52.1 Å². The van der Waals surface area contributed by atoms with Crippen molar-refractivity contribution < 1.29 is 14.7 Å². The highest BCUT2D eigenvalue weighted by atomic mass is 16.3. The first-order valence-corrected chi connectivity index (χ1v) is 8.97. The van der Waals surface area contributed by atoms with Gasteiger partial charge in [-0.25, -0.2) is 0 Å². The maximum atomic E-state index is 12.9. The number of piperazine rings is 1. The van der Waals surface area contributed by atoms with Crippen molar-refractivity contribution in [3.63, 3.8) is 0 Å². The number of β-amino-alcohol motifs (C(OH)–C–C–N with tert-alkyl or cyclic N) is 1. The molecule has 0 aliphatic carbocycles. The van der Waals surface area contributed by atoms with Crippen molar-refractivity contribution in [2.45, 2.75) is 45.0 Å². The van der Waals surface area contributed by atoms with Gasteiger partial charge in [0.2, 0.25) is 11.8 Å². The smallest absolute Gasteiger partial charge is 0.245 e. The molecule has 3 atom stereocenters. The zero-order valence-corrected chi connectivity index (χ0v) is 15.0. The summed E-state index contributed by atoms with van der Waals surface area (Å²) in [6.07, 6.45) is -0.262. The van der Waals surface area contributed by atoms with E-state index in [4.69, 9.17) is 0 Å². The number of aliphatic hydroxyl groups is 1. The van der Waals surface area contributed by atoms with E-state index >= 15 is 0 Å². The Kier molecular flexibility index (Phi) is 5.39. The third-order valence-electron chi connectivity index (χ3n) is 5.21. The van der Waals surface area contributed by atoms with Crippen LogP contribution in [0, 0.1) is 0 Å². The van der Waals surface area contributed by atoms with Crippen molar-refractivity contribution in [1.82, 2.24) is 14.7 Å². The van der Waals surface area contributed by atoms with Crippen LogP contribution in [0.5, 0.6) is 0 Å². The number of aliphatic hydroxyl groups excluding tert-OH is 1. The number of carbonyl (C=O) groups excluding carboxylic acids is 2. The topological polar surface area (TPSA) is 64.1 Å². The van der Waals surface area contributed by atoms with Crippen LogP contribution in [-0.4, -0.2) is 76.0 Å². The lowest BCUT2D eigenvalue weighted by atomic mass is 10.1. The van der Waals surface area contributed by atoms with E-state index in [9.17, 15) is 14.7 Å². The first-order valence-electron chi connectivity index (χ1n) is 8.97. The second-order valence-electron chi connectivity index (χ2n) is 7.18. The summed E-state index contributed by atoms with van der Waals surface area (Å²) in [6, 6.07) is 9.91. The van der Waals surface area contributed by atoms with Gasteiger partial charge >= 0.3 is 0 Å². The maximum absolute atomic E-state index is 12.9. The van der Waals surface area contributed by atoms with Crippen molar-refractivity contribution in [3.05, 3.63) is 35.9 Å². The fourth-order valence-corrected chi connectivity index (χ4v) is 3.93. The number of amides is 2. The van der Waals surface area contributed by atoms with Crippen LogP contribution in [0.4, 0.5) is 0 Å². The fraction of sp³-hybridized carbons (Fsp3) is 0.579. The predicted molar refractivity (Wildman–Crippen MR) is 94.7 cm³/mol. The molecule has 6 nitrogen and oxygen atoms in total. The average molecular weight is 345 g/mol. The number of rotatable bonds is 3. The largest absolute Gasteiger partial charge is 0.391 e. The van der Waals surface area contributed by atoms with Gasteiger partial charge in [0.25, 0.3) is 0 Å². The molecule has 0 bridgehead atoms. The van der Waals surface area contributed by atoms with Crippen molar-refractivity contribution in [2.75, 3.05) is 26.2 Å². The average Bonchev–Trinajstić information content (AvgIpc) is 2.98. The first kappa shape index (κ1) is 17.9. The molecule has 2 aliphatic heterocycles. The van der Waals surface area contributed by atoms with Gasteiger partial charge in [0.15, 0.2) is 0 Å². The lowest BCUT2D eigenvalue weighted by Crippen LogP contribution is -2.57. The van der Waals surface area contributed by atoms with E-state index in [0.717, 1.165) is 19.6 Å². The monoisotopic (exact) mass is 345 g/mol. The summed E-state index contributed by atoms with van der Waals surface area (Å²) in [4.78, 5) is 30.4. The van der Waals surface area contributed by atoms with Crippen LogP contribution in [0.25, 0.3) is 0 Å². The normalized spacial score (nSPS) is 27.6. The highest BCUT2D eigenvalue weighted by Gasteiger charge is 2.41. The lowest BCUT2D eigenvalue weighted by molar-refractivity contribution is -0.146. The van der Waals surface area contributed by atoms with E-state index in [0.29, 0.717) is 13.0 Å². The van der Waals surface area contributed by atoms with E-state index in [2.05, 4.69) is 24.0 Å². The first-order chi connectivity index (χ1) is 12.0. The molecule has 0 saturated carbocycles. The molecule has 136 valence electrons. The fourth-order valence-electron chi connectivity index (χ4n) is 3.93. The van der Waals surface area contributed by atoms with Crippen LogP contribution in [-0.2, 0) is 16.1 Å². The van der Waals surface area contributed by atoms with E-state index in [1.54, 1.807) is 0 Å². The quantitative estimate of drug-likeness (QED) is 0.876. The molecule has 2 heterocycles. The van der Waals surface area contributed by atoms with Gasteiger partial charge in [0.1, 0.15) is 6.04 Å². The van der Waals surface area contributed by atoms with Crippen LogP contribution >= 0.6 is 0 Å². The molecule has 2 amide bonds. The summed E-state index contributed by atoms with van der Waals surface area (Å²) < 4.78 is 0. The van der Waals surface area contributed by atoms with E-state index in [-0.39, 0.29) is 24.4 Å². The van der Waals surface area contributed by atoms with E-state index in [1.165, 1.54) is 17.4 Å². The number of likely N-dealkylation sites (tertiary alicyclic amines) is 1. The number of hydrogen-bond donors (Lipinski definition) is 1. The molecule has 0 spiro atoms. The Labute approximate surface area is 149 Å². The molecule has 1 N–H and O–H groups in total. The second-order valence-corrected chi connectivity index (χ2v) is 7.18. The van der Waals surface area contributed by atoms with Crippen molar-refractivity contribution >= 4 is 11.8 Å². The number of hydrogen-bond acceptors (Lipinski definition) is 4. The zero-order chi connectivity index (χ0) is 18.0. The Morgan fingerprint density at radius 3 is 2.48 bits per heavy atom.